The van der Waals surface area contributed by atoms with Crippen molar-refractivity contribution in [3.63, 3.8) is 0 Å². The normalized spacial score (nSPS) is 11.5. The van der Waals surface area contributed by atoms with Crippen LogP contribution in [0.25, 0.3) is 0 Å². The predicted octanol–water partition coefficient (Wildman–Crippen LogP) is 2.79. The topological polar surface area (TPSA) is 47.6 Å². The number of para-hydroxylation sites is 2. The molecule has 4 nitrogen and oxygen atoms in total. The summed E-state index contributed by atoms with van der Waals surface area (Å²) in [5, 5.41) is 2.68. The molecule has 0 aromatic heterocycles. The lowest BCUT2D eigenvalue weighted by Gasteiger charge is -2.15. The van der Waals surface area contributed by atoms with Gasteiger partial charge in [-0.3, -0.25) is 4.79 Å². The van der Waals surface area contributed by atoms with Gasteiger partial charge in [0.15, 0.2) is 17.7 Å². The molecule has 0 heterocycles. The molecule has 1 unspecified atom stereocenters. The van der Waals surface area contributed by atoms with E-state index in [0.29, 0.717) is 13.2 Å². The molecule has 1 atom stereocenters. The van der Waals surface area contributed by atoms with Crippen LogP contribution in [0.5, 0.6) is 11.5 Å². The lowest BCUT2D eigenvalue weighted by atomic mass is 10.3. The molecule has 0 fully saturated rings. The van der Waals surface area contributed by atoms with E-state index < -0.39 is 11.9 Å². The first-order valence-corrected chi connectivity index (χ1v) is 7.03. The fraction of sp³-hybridized carbons (Fsp3) is 0.235. The second-order valence-electron chi connectivity index (χ2n) is 4.64. The quantitative estimate of drug-likeness (QED) is 0.800. The van der Waals surface area contributed by atoms with Crippen molar-refractivity contribution in [2.75, 3.05) is 13.2 Å². The van der Waals surface area contributed by atoms with Crippen molar-refractivity contribution in [3.05, 3.63) is 60.4 Å². The van der Waals surface area contributed by atoms with Crippen LogP contribution in [0.2, 0.25) is 0 Å². The summed E-state index contributed by atoms with van der Waals surface area (Å²) in [6, 6.07) is 15.3. The van der Waals surface area contributed by atoms with E-state index >= 15 is 0 Å². The number of ether oxygens (including phenoxy) is 2. The molecule has 5 heteroatoms. The fourth-order valence-electron chi connectivity index (χ4n) is 1.79. The van der Waals surface area contributed by atoms with Crippen molar-refractivity contribution >= 4 is 5.91 Å². The van der Waals surface area contributed by atoms with Crippen LogP contribution in [0.15, 0.2) is 54.6 Å². The lowest BCUT2D eigenvalue weighted by molar-refractivity contribution is -0.127. The standard InChI is InChI=1S/C17H18FNO3/c1-13(22-16-10-6-5-9-15(16)18)17(20)19-11-12-21-14-7-3-2-4-8-14/h2-10,13H,11-12H2,1H3,(H,19,20). The zero-order valence-electron chi connectivity index (χ0n) is 12.3. The van der Waals surface area contributed by atoms with E-state index in [1.165, 1.54) is 12.1 Å². The highest BCUT2D eigenvalue weighted by molar-refractivity contribution is 5.80. The van der Waals surface area contributed by atoms with Crippen LogP contribution in [0.3, 0.4) is 0 Å². The first-order valence-electron chi connectivity index (χ1n) is 7.03. The summed E-state index contributed by atoms with van der Waals surface area (Å²) < 4.78 is 24.2. The Bertz CT molecular complexity index is 604. The van der Waals surface area contributed by atoms with Crippen LogP contribution >= 0.6 is 0 Å². The number of rotatable bonds is 7. The molecule has 1 N–H and O–H groups in total. The number of carbonyl (C=O) groups excluding carboxylic acids is 1. The van der Waals surface area contributed by atoms with Crippen LogP contribution in [0.4, 0.5) is 4.39 Å². The number of benzene rings is 2. The van der Waals surface area contributed by atoms with Gasteiger partial charge in [0.1, 0.15) is 12.4 Å². The molecule has 0 saturated heterocycles. The first-order chi connectivity index (χ1) is 10.7. The van der Waals surface area contributed by atoms with Crippen LogP contribution < -0.4 is 14.8 Å². The molecule has 0 aliphatic carbocycles. The summed E-state index contributed by atoms with van der Waals surface area (Å²) in [5.41, 5.74) is 0. The number of hydrogen-bond acceptors (Lipinski definition) is 3. The Balaban J connectivity index is 1.71. The van der Waals surface area contributed by atoms with Gasteiger partial charge < -0.3 is 14.8 Å². The zero-order valence-corrected chi connectivity index (χ0v) is 12.3. The van der Waals surface area contributed by atoms with E-state index in [4.69, 9.17) is 9.47 Å². The highest BCUT2D eigenvalue weighted by Gasteiger charge is 2.15. The molecule has 0 aliphatic rings. The van der Waals surface area contributed by atoms with Crippen LogP contribution in [-0.4, -0.2) is 25.2 Å². The Morgan fingerprint density at radius 2 is 1.82 bits per heavy atom. The Labute approximate surface area is 128 Å². The Morgan fingerprint density at radius 1 is 1.14 bits per heavy atom. The summed E-state index contributed by atoms with van der Waals surface area (Å²) in [7, 11) is 0. The SMILES string of the molecule is CC(Oc1ccccc1F)C(=O)NCCOc1ccccc1. The van der Waals surface area contributed by atoms with E-state index in [2.05, 4.69) is 5.32 Å². The molecule has 0 bridgehead atoms. The van der Waals surface area contributed by atoms with Gasteiger partial charge in [0.2, 0.25) is 0 Å². The third-order valence-corrected chi connectivity index (χ3v) is 2.92. The molecule has 0 saturated carbocycles. The molecular formula is C17H18FNO3. The van der Waals surface area contributed by atoms with Crippen LogP contribution in [0, 0.1) is 5.82 Å². The molecule has 0 radical (unpaired) electrons. The van der Waals surface area contributed by atoms with Gasteiger partial charge in [0.25, 0.3) is 5.91 Å². The van der Waals surface area contributed by atoms with Crippen molar-refractivity contribution < 1.29 is 18.7 Å². The fourth-order valence-corrected chi connectivity index (χ4v) is 1.79. The number of hydrogen-bond donors (Lipinski definition) is 1. The van der Waals surface area contributed by atoms with Gasteiger partial charge in [0.05, 0.1) is 6.54 Å². The number of amides is 1. The van der Waals surface area contributed by atoms with E-state index in [1.54, 1.807) is 19.1 Å². The van der Waals surface area contributed by atoms with Gasteiger partial charge in [0, 0.05) is 0 Å². The maximum Gasteiger partial charge on any atom is 0.260 e. The highest BCUT2D eigenvalue weighted by atomic mass is 19.1. The third kappa shape index (κ3) is 4.77. The maximum atomic E-state index is 13.4. The maximum absolute atomic E-state index is 13.4. The summed E-state index contributed by atoms with van der Waals surface area (Å²) >= 11 is 0. The molecule has 0 aliphatic heterocycles. The smallest absolute Gasteiger partial charge is 0.260 e. The zero-order chi connectivity index (χ0) is 15.8. The van der Waals surface area contributed by atoms with E-state index in [9.17, 15) is 9.18 Å². The van der Waals surface area contributed by atoms with E-state index in [0.717, 1.165) is 5.75 Å². The van der Waals surface area contributed by atoms with Crippen molar-refractivity contribution in [2.24, 2.45) is 0 Å². The van der Waals surface area contributed by atoms with Crippen molar-refractivity contribution in [2.45, 2.75) is 13.0 Å². The van der Waals surface area contributed by atoms with Crippen molar-refractivity contribution in [1.29, 1.82) is 0 Å². The summed E-state index contributed by atoms with van der Waals surface area (Å²) in [4.78, 5) is 11.9. The van der Waals surface area contributed by atoms with Crippen molar-refractivity contribution in [1.82, 2.24) is 5.32 Å². The van der Waals surface area contributed by atoms with E-state index in [1.807, 2.05) is 30.3 Å². The van der Waals surface area contributed by atoms with Gasteiger partial charge in [-0.25, -0.2) is 4.39 Å². The van der Waals surface area contributed by atoms with E-state index in [-0.39, 0.29) is 11.7 Å². The Hall–Kier alpha value is -2.56. The summed E-state index contributed by atoms with van der Waals surface area (Å²) in [6.07, 6.45) is -0.784. The summed E-state index contributed by atoms with van der Waals surface area (Å²) in [6.45, 7) is 2.26. The first kappa shape index (κ1) is 15.8. The third-order valence-electron chi connectivity index (χ3n) is 2.92. The molecule has 116 valence electrons. The van der Waals surface area contributed by atoms with Crippen LogP contribution in [0.1, 0.15) is 6.92 Å². The molecular weight excluding hydrogens is 285 g/mol. The molecule has 22 heavy (non-hydrogen) atoms. The Morgan fingerprint density at radius 3 is 2.55 bits per heavy atom. The minimum atomic E-state index is -0.784. The van der Waals surface area contributed by atoms with Gasteiger partial charge in [-0.05, 0) is 31.2 Å². The average molecular weight is 303 g/mol. The number of nitrogens with one attached hydrogen (secondary N) is 1. The molecule has 2 rings (SSSR count). The average Bonchev–Trinajstić information content (AvgIpc) is 2.54. The Kier molecular flexibility index (Phi) is 5.77. The second kappa shape index (κ2) is 8.02. The van der Waals surface area contributed by atoms with Gasteiger partial charge in [-0.1, -0.05) is 30.3 Å². The minimum absolute atomic E-state index is 0.0608. The molecule has 1 amide bonds. The van der Waals surface area contributed by atoms with Crippen molar-refractivity contribution in [3.8, 4) is 11.5 Å². The highest BCUT2D eigenvalue weighted by Crippen LogP contribution is 2.16. The largest absolute Gasteiger partial charge is 0.492 e. The molecule has 0 spiro atoms. The van der Waals surface area contributed by atoms with Gasteiger partial charge in [-0.2, -0.15) is 0 Å². The molecule has 2 aromatic rings. The van der Waals surface area contributed by atoms with Gasteiger partial charge in [-0.15, -0.1) is 0 Å². The molecule has 2 aromatic carbocycles. The second-order valence-corrected chi connectivity index (χ2v) is 4.64. The number of carbonyl (C=O) groups is 1. The predicted molar refractivity (Wildman–Crippen MR) is 81.4 cm³/mol. The monoisotopic (exact) mass is 303 g/mol. The minimum Gasteiger partial charge on any atom is -0.492 e. The lowest BCUT2D eigenvalue weighted by Crippen LogP contribution is -2.38. The summed E-state index contributed by atoms with van der Waals surface area (Å²) in [5.74, 6) is -0.00688. The number of halogens is 1. The van der Waals surface area contributed by atoms with Gasteiger partial charge >= 0.3 is 0 Å². The van der Waals surface area contributed by atoms with Crippen LogP contribution in [-0.2, 0) is 4.79 Å².